The standard InChI is InChI=1S/C19H25N7S/c1-13-10-21-19(22-17-9-14(2)24-27-17)23-18(13)25-11-15-5-3-6-16(12-25)26(15)8-4-7-20/h9-10,15-16H,3-6,8,11-12H2,1-2H3,(H,21,22,23). The zero-order valence-corrected chi connectivity index (χ0v) is 16.7. The third-order valence-corrected chi connectivity index (χ3v) is 6.26. The summed E-state index contributed by atoms with van der Waals surface area (Å²) in [4.78, 5) is 14.2. The van der Waals surface area contributed by atoms with Crippen molar-refractivity contribution < 1.29 is 0 Å². The fraction of sp³-hybridized carbons (Fsp3) is 0.579. The molecule has 1 N–H and O–H groups in total. The molecule has 2 aromatic rings. The highest BCUT2D eigenvalue weighted by Gasteiger charge is 2.37. The molecule has 0 radical (unpaired) electrons. The number of piperidine rings is 1. The summed E-state index contributed by atoms with van der Waals surface area (Å²) in [5.74, 6) is 1.64. The Morgan fingerprint density at radius 3 is 2.74 bits per heavy atom. The summed E-state index contributed by atoms with van der Waals surface area (Å²) in [5, 5.41) is 13.2. The van der Waals surface area contributed by atoms with Crippen molar-refractivity contribution in [3.05, 3.63) is 23.5 Å². The summed E-state index contributed by atoms with van der Waals surface area (Å²) in [6, 6.07) is 5.34. The third-order valence-electron chi connectivity index (χ3n) is 5.46. The summed E-state index contributed by atoms with van der Waals surface area (Å²) in [6.07, 6.45) is 6.20. The van der Waals surface area contributed by atoms with Crippen molar-refractivity contribution in [1.29, 1.82) is 5.26 Å². The first kappa shape index (κ1) is 18.1. The molecule has 0 aliphatic carbocycles. The molecule has 0 saturated carbocycles. The molecule has 7 nitrogen and oxygen atoms in total. The second-order valence-corrected chi connectivity index (χ2v) is 8.25. The SMILES string of the molecule is Cc1cc(Nc2ncc(C)c(N3CC4CCCC(C3)N4CCC#N)n2)sn1. The minimum Gasteiger partial charge on any atom is -0.353 e. The van der Waals surface area contributed by atoms with Crippen LogP contribution in [0.1, 0.15) is 36.9 Å². The molecule has 0 amide bonds. The zero-order valence-electron chi connectivity index (χ0n) is 15.9. The molecule has 2 aliphatic rings. The van der Waals surface area contributed by atoms with E-state index in [-0.39, 0.29) is 0 Å². The quantitative estimate of drug-likeness (QED) is 0.849. The van der Waals surface area contributed by atoms with E-state index < -0.39 is 0 Å². The number of rotatable bonds is 5. The van der Waals surface area contributed by atoms with Gasteiger partial charge in [-0.05, 0) is 44.3 Å². The first-order valence-electron chi connectivity index (χ1n) is 9.55. The lowest BCUT2D eigenvalue weighted by Crippen LogP contribution is -2.61. The van der Waals surface area contributed by atoms with Gasteiger partial charge in [0.2, 0.25) is 5.95 Å². The van der Waals surface area contributed by atoms with Crippen LogP contribution < -0.4 is 10.2 Å². The lowest BCUT2D eigenvalue weighted by Gasteiger charge is -2.50. The van der Waals surface area contributed by atoms with Crippen molar-refractivity contribution in [3.63, 3.8) is 0 Å². The van der Waals surface area contributed by atoms with Gasteiger partial charge in [0.25, 0.3) is 0 Å². The number of hydrogen-bond donors (Lipinski definition) is 1. The predicted octanol–water partition coefficient (Wildman–Crippen LogP) is 3.25. The Balaban J connectivity index is 1.53. The van der Waals surface area contributed by atoms with Gasteiger partial charge in [-0.2, -0.15) is 14.6 Å². The fourth-order valence-corrected chi connectivity index (χ4v) is 4.91. The molecule has 142 valence electrons. The molecule has 0 aromatic carbocycles. The number of nitrogens with one attached hydrogen (secondary N) is 1. The molecular weight excluding hydrogens is 358 g/mol. The summed E-state index contributed by atoms with van der Waals surface area (Å²) >= 11 is 1.42. The highest BCUT2D eigenvalue weighted by Crippen LogP contribution is 2.32. The van der Waals surface area contributed by atoms with E-state index >= 15 is 0 Å². The Kier molecular flexibility index (Phi) is 5.23. The number of fused-ring (bicyclic) bond motifs is 2. The molecule has 2 saturated heterocycles. The minimum absolute atomic E-state index is 0.515. The van der Waals surface area contributed by atoms with E-state index in [4.69, 9.17) is 10.2 Å². The van der Waals surface area contributed by atoms with Crippen LogP contribution in [0.25, 0.3) is 0 Å². The van der Waals surface area contributed by atoms with Crippen LogP contribution in [0.2, 0.25) is 0 Å². The average molecular weight is 384 g/mol. The van der Waals surface area contributed by atoms with Gasteiger partial charge in [0.1, 0.15) is 10.8 Å². The summed E-state index contributed by atoms with van der Waals surface area (Å²) in [6.45, 7) is 6.89. The van der Waals surface area contributed by atoms with E-state index in [0.29, 0.717) is 24.5 Å². The summed E-state index contributed by atoms with van der Waals surface area (Å²) < 4.78 is 4.30. The number of anilines is 3. The van der Waals surface area contributed by atoms with Crippen LogP contribution in [0.5, 0.6) is 0 Å². The van der Waals surface area contributed by atoms with E-state index in [1.165, 1.54) is 30.8 Å². The van der Waals surface area contributed by atoms with Crippen molar-refractivity contribution in [3.8, 4) is 6.07 Å². The van der Waals surface area contributed by atoms with Crippen molar-refractivity contribution in [2.24, 2.45) is 0 Å². The Hall–Kier alpha value is -2.24. The van der Waals surface area contributed by atoms with Gasteiger partial charge in [-0.15, -0.1) is 0 Å². The van der Waals surface area contributed by atoms with Crippen LogP contribution >= 0.6 is 11.5 Å². The van der Waals surface area contributed by atoms with Crippen LogP contribution in [0.15, 0.2) is 12.3 Å². The fourth-order valence-electron chi connectivity index (χ4n) is 4.26. The molecule has 27 heavy (non-hydrogen) atoms. The highest BCUT2D eigenvalue weighted by atomic mass is 32.1. The lowest BCUT2D eigenvalue weighted by atomic mass is 9.91. The van der Waals surface area contributed by atoms with Crippen LogP contribution in [-0.2, 0) is 0 Å². The number of nitrogens with zero attached hydrogens (tertiary/aromatic N) is 6. The second-order valence-electron chi connectivity index (χ2n) is 7.45. The predicted molar refractivity (Wildman–Crippen MR) is 107 cm³/mol. The maximum absolute atomic E-state index is 8.97. The van der Waals surface area contributed by atoms with Gasteiger partial charge in [0.05, 0.1) is 11.8 Å². The average Bonchev–Trinajstić information content (AvgIpc) is 3.05. The van der Waals surface area contributed by atoms with Gasteiger partial charge in [-0.25, -0.2) is 4.98 Å². The topological polar surface area (TPSA) is 81.0 Å². The van der Waals surface area contributed by atoms with Gasteiger partial charge >= 0.3 is 0 Å². The van der Waals surface area contributed by atoms with E-state index in [9.17, 15) is 0 Å². The van der Waals surface area contributed by atoms with Crippen molar-refractivity contribution in [2.45, 2.75) is 51.6 Å². The molecule has 2 atom stereocenters. The van der Waals surface area contributed by atoms with Crippen LogP contribution in [0, 0.1) is 25.2 Å². The summed E-state index contributed by atoms with van der Waals surface area (Å²) in [7, 11) is 0. The largest absolute Gasteiger partial charge is 0.353 e. The van der Waals surface area contributed by atoms with Gasteiger partial charge in [-0.3, -0.25) is 4.90 Å². The molecule has 2 aromatic heterocycles. The van der Waals surface area contributed by atoms with Crippen molar-refractivity contribution in [1.82, 2.24) is 19.2 Å². The molecular formula is C19H25N7S. The molecule has 4 heterocycles. The van der Waals surface area contributed by atoms with Gasteiger partial charge < -0.3 is 10.2 Å². The monoisotopic (exact) mass is 383 g/mol. The normalized spacial score (nSPS) is 22.5. The number of aromatic nitrogens is 3. The van der Waals surface area contributed by atoms with Crippen LogP contribution in [-0.4, -0.2) is 51.0 Å². The van der Waals surface area contributed by atoms with E-state index in [2.05, 4.69) is 37.5 Å². The molecule has 4 rings (SSSR count). The van der Waals surface area contributed by atoms with Gasteiger partial charge in [-0.1, -0.05) is 6.42 Å². The van der Waals surface area contributed by atoms with Crippen molar-refractivity contribution >= 4 is 28.3 Å². The molecule has 8 heteroatoms. The van der Waals surface area contributed by atoms with Crippen LogP contribution in [0.4, 0.5) is 16.8 Å². The smallest absolute Gasteiger partial charge is 0.229 e. The van der Waals surface area contributed by atoms with Crippen LogP contribution in [0.3, 0.4) is 0 Å². The van der Waals surface area contributed by atoms with Crippen molar-refractivity contribution in [2.75, 3.05) is 29.9 Å². The molecule has 2 fully saturated rings. The molecule has 2 bridgehead atoms. The number of hydrogen-bond acceptors (Lipinski definition) is 8. The zero-order chi connectivity index (χ0) is 18.8. The molecule has 0 spiro atoms. The van der Waals surface area contributed by atoms with Gasteiger partial charge in [0.15, 0.2) is 0 Å². The molecule has 2 aliphatic heterocycles. The second kappa shape index (κ2) is 7.79. The van der Waals surface area contributed by atoms with E-state index in [1.807, 2.05) is 19.2 Å². The summed E-state index contributed by atoms with van der Waals surface area (Å²) in [5.41, 5.74) is 2.10. The Bertz CT molecular complexity index is 829. The minimum atomic E-state index is 0.515. The first-order valence-corrected chi connectivity index (χ1v) is 10.3. The number of nitriles is 1. The number of aryl methyl sites for hydroxylation is 2. The Morgan fingerprint density at radius 2 is 2.07 bits per heavy atom. The van der Waals surface area contributed by atoms with Gasteiger partial charge in [0, 0.05) is 49.9 Å². The lowest BCUT2D eigenvalue weighted by molar-refractivity contribution is 0.0678. The Morgan fingerprint density at radius 1 is 1.30 bits per heavy atom. The van der Waals surface area contributed by atoms with E-state index in [0.717, 1.165) is 41.7 Å². The maximum atomic E-state index is 8.97. The Labute approximate surface area is 164 Å². The maximum Gasteiger partial charge on any atom is 0.229 e. The number of piperazine rings is 1. The first-order chi connectivity index (χ1) is 13.1. The molecule has 2 unspecified atom stereocenters. The highest BCUT2D eigenvalue weighted by molar-refractivity contribution is 7.10. The third kappa shape index (κ3) is 3.89. The van der Waals surface area contributed by atoms with E-state index in [1.54, 1.807) is 0 Å².